The van der Waals surface area contributed by atoms with Crippen LogP contribution >= 0.6 is 12.4 Å². The minimum Gasteiger partial charge on any atom is -0.379 e. The minimum atomic E-state index is -0.657. The number of fused-ring (bicyclic) bond motifs is 1. The lowest BCUT2D eigenvalue weighted by Gasteiger charge is -2.22. The van der Waals surface area contributed by atoms with Gasteiger partial charge < -0.3 is 14.8 Å². The second kappa shape index (κ2) is 13.2. The van der Waals surface area contributed by atoms with Gasteiger partial charge in [-0.1, -0.05) is 6.07 Å². The predicted molar refractivity (Wildman–Crippen MR) is 136 cm³/mol. The molecule has 2 N–H and O–H groups in total. The first kappa shape index (κ1) is 27.4. The van der Waals surface area contributed by atoms with Crippen molar-refractivity contribution in [3.63, 3.8) is 0 Å². The first-order chi connectivity index (χ1) is 16.5. The Bertz CT molecular complexity index is 1060. The number of nitrogens with zero attached hydrogens (tertiary/aromatic N) is 2. The van der Waals surface area contributed by atoms with Crippen LogP contribution in [0.4, 0.5) is 0 Å². The number of imide groups is 1. The topological polar surface area (TPSA) is 104 Å². The summed E-state index contributed by atoms with van der Waals surface area (Å²) in [6.45, 7) is 4.96. The number of imidazole rings is 1. The van der Waals surface area contributed by atoms with Crippen molar-refractivity contribution >= 4 is 35.3 Å². The van der Waals surface area contributed by atoms with Crippen molar-refractivity contribution in [3.05, 3.63) is 34.2 Å². The highest BCUT2D eigenvalue weighted by Gasteiger charge is 2.31. The summed E-state index contributed by atoms with van der Waals surface area (Å²) >= 11 is 0. The van der Waals surface area contributed by atoms with E-state index in [0.717, 1.165) is 56.0 Å². The molecule has 194 valence electrons. The first-order valence-corrected chi connectivity index (χ1v) is 12.4. The Morgan fingerprint density at radius 3 is 2.46 bits per heavy atom. The zero-order chi connectivity index (χ0) is 23.9. The second-order valence-corrected chi connectivity index (χ2v) is 9.31. The first-order valence-electron chi connectivity index (χ1n) is 12.4. The van der Waals surface area contributed by atoms with Crippen molar-refractivity contribution in [1.29, 1.82) is 0 Å². The van der Waals surface area contributed by atoms with Gasteiger partial charge in [-0.15, -0.1) is 12.4 Å². The van der Waals surface area contributed by atoms with Gasteiger partial charge in [-0.2, -0.15) is 0 Å². The molecular weight excluding hydrogens is 472 g/mol. The largest absolute Gasteiger partial charge is 0.379 e. The molecule has 0 spiro atoms. The van der Waals surface area contributed by atoms with Gasteiger partial charge in [0.1, 0.15) is 6.04 Å². The van der Waals surface area contributed by atoms with Crippen LogP contribution in [0.1, 0.15) is 50.1 Å². The molecule has 0 saturated carbocycles. The molecule has 2 aliphatic rings. The number of amides is 2. The van der Waals surface area contributed by atoms with Gasteiger partial charge in [-0.05, 0) is 75.2 Å². The van der Waals surface area contributed by atoms with E-state index >= 15 is 0 Å². The van der Waals surface area contributed by atoms with E-state index in [9.17, 15) is 14.4 Å². The normalized spacial score (nSPS) is 19.1. The van der Waals surface area contributed by atoms with Crippen LogP contribution < -0.4 is 16.3 Å². The Kier molecular flexibility index (Phi) is 10.3. The van der Waals surface area contributed by atoms with Crippen LogP contribution in [-0.2, 0) is 32.5 Å². The highest BCUT2D eigenvalue weighted by molar-refractivity contribution is 6.00. The van der Waals surface area contributed by atoms with Crippen molar-refractivity contribution in [1.82, 2.24) is 19.8 Å². The summed E-state index contributed by atoms with van der Waals surface area (Å²) in [4.78, 5) is 36.6. The maximum Gasteiger partial charge on any atom is 0.329 e. The van der Waals surface area contributed by atoms with E-state index in [4.69, 9.17) is 9.47 Å². The van der Waals surface area contributed by atoms with E-state index in [0.29, 0.717) is 31.8 Å². The summed E-state index contributed by atoms with van der Waals surface area (Å²) in [6.07, 6.45) is 5.93. The maximum atomic E-state index is 12.8. The Labute approximate surface area is 211 Å². The lowest BCUT2D eigenvalue weighted by molar-refractivity contribution is -0.135. The standard InChI is InChI=1S/C25H36N4O5.ClH/c1-28-22-17-19(3-2-13-33-15-16-34-14-10-18-8-11-26-12-9-18)4-5-20(22)29(25(28)32)21-6-7-23(30)27-24(21)31;/h4-5,17-18,21,26H,2-3,6-16H2,1H3,(H,27,30,31);1H. The summed E-state index contributed by atoms with van der Waals surface area (Å²) in [5, 5.41) is 5.73. The number of carbonyl (C=O) groups excluding carboxylic acids is 2. The zero-order valence-electron chi connectivity index (χ0n) is 20.4. The van der Waals surface area contributed by atoms with Crippen LogP contribution in [0.3, 0.4) is 0 Å². The fraction of sp³-hybridized carbons (Fsp3) is 0.640. The maximum absolute atomic E-state index is 12.8. The second-order valence-electron chi connectivity index (χ2n) is 9.31. The molecule has 0 bridgehead atoms. The van der Waals surface area contributed by atoms with Crippen LogP contribution in [0.5, 0.6) is 0 Å². The smallest absolute Gasteiger partial charge is 0.329 e. The fourth-order valence-corrected chi connectivity index (χ4v) is 4.91. The fourth-order valence-electron chi connectivity index (χ4n) is 4.91. The van der Waals surface area contributed by atoms with Gasteiger partial charge in [-0.3, -0.25) is 24.0 Å². The number of aryl methyl sites for hydroxylation is 2. The third-order valence-corrected chi connectivity index (χ3v) is 6.93. The molecule has 2 fully saturated rings. The van der Waals surface area contributed by atoms with Crippen molar-refractivity contribution in [2.24, 2.45) is 13.0 Å². The minimum absolute atomic E-state index is 0. The molecule has 1 unspecified atom stereocenters. The molecule has 2 aliphatic heterocycles. The quantitative estimate of drug-likeness (QED) is 0.356. The number of aromatic nitrogens is 2. The van der Waals surface area contributed by atoms with Gasteiger partial charge in [0, 0.05) is 26.7 Å². The van der Waals surface area contributed by atoms with Crippen LogP contribution in [0.25, 0.3) is 11.0 Å². The Balaban J connectivity index is 0.00000342. The van der Waals surface area contributed by atoms with Crippen molar-refractivity contribution in [2.75, 3.05) is 39.5 Å². The van der Waals surface area contributed by atoms with Crippen LogP contribution in [0, 0.1) is 5.92 Å². The van der Waals surface area contributed by atoms with Crippen LogP contribution in [-0.4, -0.2) is 60.5 Å². The number of ether oxygens (including phenoxy) is 2. The van der Waals surface area contributed by atoms with Crippen molar-refractivity contribution in [2.45, 2.75) is 51.0 Å². The number of benzene rings is 1. The molecule has 1 aromatic carbocycles. The predicted octanol–water partition coefficient (Wildman–Crippen LogP) is 2.10. The van der Waals surface area contributed by atoms with Gasteiger partial charge in [0.2, 0.25) is 11.8 Å². The number of hydrogen-bond acceptors (Lipinski definition) is 6. The molecule has 9 nitrogen and oxygen atoms in total. The number of nitrogens with one attached hydrogen (secondary N) is 2. The molecule has 0 aliphatic carbocycles. The third-order valence-electron chi connectivity index (χ3n) is 6.93. The zero-order valence-corrected chi connectivity index (χ0v) is 21.2. The molecule has 2 amide bonds. The van der Waals surface area contributed by atoms with Gasteiger partial charge >= 0.3 is 5.69 Å². The summed E-state index contributed by atoms with van der Waals surface area (Å²) < 4.78 is 14.5. The summed E-state index contributed by atoms with van der Waals surface area (Å²) in [5.41, 5.74) is 2.37. The van der Waals surface area contributed by atoms with E-state index < -0.39 is 11.9 Å². The van der Waals surface area contributed by atoms with Crippen molar-refractivity contribution < 1.29 is 19.1 Å². The average Bonchev–Trinajstić information content (AvgIpc) is 3.08. The van der Waals surface area contributed by atoms with Crippen LogP contribution in [0.2, 0.25) is 0 Å². The van der Waals surface area contributed by atoms with Crippen LogP contribution in [0.15, 0.2) is 23.0 Å². The number of halogens is 1. The number of hydrogen-bond donors (Lipinski definition) is 2. The monoisotopic (exact) mass is 508 g/mol. The molecule has 2 aromatic rings. The van der Waals surface area contributed by atoms with Gasteiger partial charge in [0.15, 0.2) is 0 Å². The molecule has 2 saturated heterocycles. The van der Waals surface area contributed by atoms with Gasteiger partial charge in [0.25, 0.3) is 0 Å². The summed E-state index contributed by atoms with van der Waals surface area (Å²) in [7, 11) is 1.71. The summed E-state index contributed by atoms with van der Waals surface area (Å²) in [6, 6.07) is 5.24. The van der Waals surface area contributed by atoms with E-state index in [1.165, 1.54) is 17.4 Å². The number of rotatable bonds is 11. The number of carbonyl (C=O) groups is 2. The van der Waals surface area contributed by atoms with E-state index in [-0.39, 0.29) is 30.4 Å². The summed E-state index contributed by atoms with van der Waals surface area (Å²) in [5.74, 6) is 0.0880. The molecule has 3 heterocycles. The average molecular weight is 509 g/mol. The molecule has 35 heavy (non-hydrogen) atoms. The van der Waals surface area contributed by atoms with E-state index in [1.54, 1.807) is 11.6 Å². The van der Waals surface area contributed by atoms with Crippen molar-refractivity contribution in [3.8, 4) is 0 Å². The molecule has 0 radical (unpaired) electrons. The Hall–Kier alpha value is -2.20. The Morgan fingerprint density at radius 1 is 0.971 bits per heavy atom. The molecule has 1 atom stereocenters. The van der Waals surface area contributed by atoms with E-state index in [1.807, 2.05) is 18.2 Å². The third kappa shape index (κ3) is 6.94. The molecule has 4 rings (SSSR count). The number of piperidine rings is 2. The molecule has 10 heteroatoms. The van der Waals surface area contributed by atoms with Gasteiger partial charge in [0.05, 0.1) is 24.2 Å². The molecular formula is C25H37ClN4O5. The lowest BCUT2D eigenvalue weighted by Crippen LogP contribution is -2.44. The highest BCUT2D eigenvalue weighted by Crippen LogP contribution is 2.24. The highest BCUT2D eigenvalue weighted by atomic mass is 35.5. The SMILES string of the molecule is Cl.Cn1c(=O)n(C2CCC(=O)NC2=O)c2ccc(CCCOCCOCCC3CCNCC3)cc21. The van der Waals surface area contributed by atoms with Gasteiger partial charge in [-0.25, -0.2) is 4.79 Å². The molecule has 1 aromatic heterocycles. The lowest BCUT2D eigenvalue weighted by atomic mass is 9.95. The van der Waals surface area contributed by atoms with E-state index in [2.05, 4.69) is 10.6 Å². The Morgan fingerprint density at radius 2 is 1.71 bits per heavy atom.